The highest BCUT2D eigenvalue weighted by molar-refractivity contribution is 9.10. The van der Waals surface area contributed by atoms with Gasteiger partial charge in [0.15, 0.2) is 0 Å². The molecule has 0 bridgehead atoms. The maximum Gasteiger partial charge on any atom is 0.247 e. The minimum Gasteiger partial charge on any atom is -0.381 e. The first-order chi connectivity index (χ1) is 15.5. The minimum atomic E-state index is -0.225. The van der Waals surface area contributed by atoms with Crippen LogP contribution in [0.3, 0.4) is 0 Å². The predicted octanol–water partition coefficient (Wildman–Crippen LogP) is 4.40. The number of aromatic nitrogens is 1. The van der Waals surface area contributed by atoms with E-state index in [0.29, 0.717) is 12.1 Å². The number of carbonyl (C=O) groups is 1. The summed E-state index contributed by atoms with van der Waals surface area (Å²) in [6.45, 7) is 10.5. The summed E-state index contributed by atoms with van der Waals surface area (Å²) in [5.41, 5.74) is 2.64. The van der Waals surface area contributed by atoms with Crippen LogP contribution in [0.2, 0.25) is 0 Å². The fourth-order valence-electron chi connectivity index (χ4n) is 4.50. The van der Waals surface area contributed by atoms with Gasteiger partial charge in [0.25, 0.3) is 0 Å². The van der Waals surface area contributed by atoms with E-state index in [-0.39, 0.29) is 5.91 Å². The Bertz CT molecular complexity index is 963. The van der Waals surface area contributed by atoms with Gasteiger partial charge >= 0.3 is 0 Å². The number of amides is 1. The molecule has 1 aromatic carbocycles. The second-order valence-corrected chi connectivity index (χ2v) is 9.09. The molecule has 1 amide bonds. The van der Waals surface area contributed by atoms with Gasteiger partial charge in [0.1, 0.15) is 10.4 Å². The number of hydrogen-bond donors (Lipinski definition) is 2. The summed E-state index contributed by atoms with van der Waals surface area (Å²) >= 11 is 3.40. The number of piperazine rings is 1. The number of anilines is 4. The lowest BCUT2D eigenvalue weighted by atomic mass is 10.0. The van der Waals surface area contributed by atoms with Crippen LogP contribution in [0, 0.1) is 0 Å². The summed E-state index contributed by atoms with van der Waals surface area (Å²) < 4.78 is 6.29. The number of benzene rings is 1. The van der Waals surface area contributed by atoms with Crippen molar-refractivity contribution in [1.29, 1.82) is 0 Å². The van der Waals surface area contributed by atoms with Crippen molar-refractivity contribution in [2.24, 2.45) is 0 Å². The van der Waals surface area contributed by atoms with E-state index in [1.54, 1.807) is 0 Å². The highest BCUT2D eigenvalue weighted by atomic mass is 79.9. The van der Waals surface area contributed by atoms with Crippen LogP contribution in [0.4, 0.5) is 22.9 Å². The quantitative estimate of drug-likeness (QED) is 0.453. The Kier molecular flexibility index (Phi) is 7.44. The topological polar surface area (TPSA) is 69.7 Å². The van der Waals surface area contributed by atoms with Crippen LogP contribution < -0.4 is 15.5 Å². The Labute approximate surface area is 198 Å². The number of hydrogen-bond acceptors (Lipinski definition) is 6. The van der Waals surface area contributed by atoms with Crippen LogP contribution in [0.15, 0.2) is 53.7 Å². The second-order valence-electron chi connectivity index (χ2n) is 8.28. The number of halogens is 1. The molecule has 4 rings (SSSR count). The van der Waals surface area contributed by atoms with E-state index in [1.807, 2.05) is 30.3 Å². The van der Waals surface area contributed by atoms with Crippen molar-refractivity contribution in [3.63, 3.8) is 0 Å². The molecule has 2 N–H and O–H groups in total. The Morgan fingerprint density at radius 2 is 2.06 bits per heavy atom. The van der Waals surface area contributed by atoms with Gasteiger partial charge in [-0.1, -0.05) is 12.6 Å². The third kappa shape index (κ3) is 5.49. The molecular formula is C24H30BrN5O2. The average molecular weight is 500 g/mol. The van der Waals surface area contributed by atoms with E-state index in [1.165, 1.54) is 6.08 Å². The van der Waals surface area contributed by atoms with Crippen LogP contribution in [-0.4, -0.2) is 60.7 Å². The van der Waals surface area contributed by atoms with Gasteiger partial charge in [0, 0.05) is 50.6 Å². The summed E-state index contributed by atoms with van der Waals surface area (Å²) in [6.07, 6.45) is 3.51. The zero-order valence-electron chi connectivity index (χ0n) is 18.4. The molecule has 0 aliphatic carbocycles. The van der Waals surface area contributed by atoms with Crippen molar-refractivity contribution in [1.82, 2.24) is 9.88 Å². The molecule has 2 aromatic rings. The Morgan fingerprint density at radius 1 is 1.25 bits per heavy atom. The smallest absolute Gasteiger partial charge is 0.247 e. The molecule has 170 valence electrons. The van der Waals surface area contributed by atoms with E-state index in [0.717, 1.165) is 73.2 Å². The van der Waals surface area contributed by atoms with Crippen molar-refractivity contribution < 1.29 is 9.53 Å². The van der Waals surface area contributed by atoms with Gasteiger partial charge in [-0.3, -0.25) is 9.69 Å². The zero-order valence-corrected chi connectivity index (χ0v) is 20.0. The first-order valence-electron chi connectivity index (χ1n) is 11.1. The molecule has 0 unspecified atom stereocenters. The molecule has 2 aliphatic rings. The predicted molar refractivity (Wildman–Crippen MR) is 133 cm³/mol. The van der Waals surface area contributed by atoms with Crippen LogP contribution in [0.25, 0.3) is 0 Å². The number of ether oxygens (including phenoxy) is 1. The average Bonchev–Trinajstić information content (AvgIpc) is 2.80. The lowest BCUT2D eigenvalue weighted by Gasteiger charge is -2.45. The summed E-state index contributed by atoms with van der Waals surface area (Å²) in [5, 5.41) is 6.30. The molecule has 7 nitrogen and oxygen atoms in total. The summed E-state index contributed by atoms with van der Waals surface area (Å²) in [5.74, 6) is 0.504. The molecule has 3 heterocycles. The number of rotatable bonds is 6. The number of pyridine rings is 1. The molecule has 2 aliphatic heterocycles. The standard InChI is InChI=1S/C24H30BrN5O2/c1-3-24(31)27-20-15-18(26-23-6-4-5-22(25)28-23)7-8-21(20)30-12-11-29(16-17(30)2)19-9-13-32-14-10-19/h3-8,15,17,19H,1,9-14,16H2,2H3,(H,26,28)(H,27,31)/t17-/m0/s1. The minimum absolute atomic E-state index is 0.225. The van der Waals surface area contributed by atoms with Crippen molar-refractivity contribution in [3.8, 4) is 0 Å². The van der Waals surface area contributed by atoms with Crippen LogP contribution in [0.5, 0.6) is 0 Å². The highest BCUT2D eigenvalue weighted by Crippen LogP contribution is 2.33. The first-order valence-corrected chi connectivity index (χ1v) is 11.9. The number of nitrogens with zero attached hydrogens (tertiary/aromatic N) is 3. The third-order valence-corrected chi connectivity index (χ3v) is 6.54. The van der Waals surface area contributed by atoms with E-state index >= 15 is 0 Å². The Balaban J connectivity index is 1.54. The van der Waals surface area contributed by atoms with E-state index in [2.05, 4.69) is 60.9 Å². The molecule has 2 fully saturated rings. The second kappa shape index (κ2) is 10.5. The largest absolute Gasteiger partial charge is 0.381 e. The van der Waals surface area contributed by atoms with Gasteiger partial charge < -0.3 is 20.3 Å². The zero-order chi connectivity index (χ0) is 22.5. The first kappa shape index (κ1) is 22.8. The summed E-state index contributed by atoms with van der Waals surface area (Å²) in [6, 6.07) is 12.7. The van der Waals surface area contributed by atoms with Crippen molar-refractivity contribution in [3.05, 3.63) is 53.7 Å². The normalized spacial score (nSPS) is 20.1. The summed E-state index contributed by atoms with van der Waals surface area (Å²) in [7, 11) is 0. The highest BCUT2D eigenvalue weighted by Gasteiger charge is 2.30. The van der Waals surface area contributed by atoms with Gasteiger partial charge in [-0.05, 0) is 72.1 Å². The van der Waals surface area contributed by atoms with Gasteiger partial charge in [-0.2, -0.15) is 0 Å². The molecule has 0 saturated carbocycles. The summed E-state index contributed by atoms with van der Waals surface area (Å²) in [4.78, 5) is 21.6. The van der Waals surface area contributed by atoms with Gasteiger partial charge in [0.2, 0.25) is 5.91 Å². The Hall–Kier alpha value is -2.42. The maximum atomic E-state index is 12.2. The van der Waals surface area contributed by atoms with E-state index < -0.39 is 0 Å². The Morgan fingerprint density at radius 3 is 2.78 bits per heavy atom. The molecule has 0 radical (unpaired) electrons. The van der Waals surface area contributed by atoms with Crippen molar-refractivity contribution >= 4 is 44.7 Å². The van der Waals surface area contributed by atoms with E-state index in [9.17, 15) is 4.79 Å². The molecule has 1 atom stereocenters. The lowest BCUT2D eigenvalue weighted by Crippen LogP contribution is -2.56. The van der Waals surface area contributed by atoms with E-state index in [4.69, 9.17) is 4.74 Å². The van der Waals surface area contributed by atoms with Crippen molar-refractivity contribution in [2.75, 3.05) is 48.4 Å². The molecule has 1 aromatic heterocycles. The molecule has 8 heteroatoms. The lowest BCUT2D eigenvalue weighted by molar-refractivity contribution is -0.111. The number of nitrogens with one attached hydrogen (secondary N) is 2. The van der Waals surface area contributed by atoms with Gasteiger partial charge in [-0.25, -0.2) is 4.98 Å². The maximum absolute atomic E-state index is 12.2. The fourth-order valence-corrected chi connectivity index (χ4v) is 4.84. The fraction of sp³-hybridized carbons (Fsp3) is 0.417. The van der Waals surface area contributed by atoms with Crippen LogP contribution >= 0.6 is 15.9 Å². The monoisotopic (exact) mass is 499 g/mol. The van der Waals surface area contributed by atoms with Crippen LogP contribution in [0.1, 0.15) is 19.8 Å². The molecular weight excluding hydrogens is 470 g/mol. The molecule has 0 spiro atoms. The molecule has 2 saturated heterocycles. The van der Waals surface area contributed by atoms with Gasteiger partial charge in [0.05, 0.1) is 11.4 Å². The number of carbonyl (C=O) groups excluding carboxylic acids is 1. The van der Waals surface area contributed by atoms with Crippen molar-refractivity contribution in [2.45, 2.75) is 31.8 Å². The molecule has 32 heavy (non-hydrogen) atoms. The third-order valence-electron chi connectivity index (χ3n) is 6.10. The van der Waals surface area contributed by atoms with Gasteiger partial charge in [-0.15, -0.1) is 0 Å². The van der Waals surface area contributed by atoms with Crippen LogP contribution in [-0.2, 0) is 9.53 Å². The SMILES string of the molecule is C=CC(=O)Nc1cc(Nc2cccc(Br)n2)ccc1N1CCN(C2CCOCC2)C[C@@H]1C.